The first-order valence-electron chi connectivity index (χ1n) is 7.92. The molecule has 1 aliphatic heterocycles. The molecule has 116 valence electrons. The SMILES string of the molecule is CC(C(=O)N1CCCCCC1)N(C)Cc1ccccc1N. The zero-order chi connectivity index (χ0) is 15.2. The second-order valence-corrected chi connectivity index (χ2v) is 6.03. The van der Waals surface area contributed by atoms with Crippen LogP contribution < -0.4 is 5.73 Å². The Labute approximate surface area is 127 Å². The van der Waals surface area contributed by atoms with Crippen molar-refractivity contribution in [3.8, 4) is 0 Å². The fourth-order valence-corrected chi connectivity index (χ4v) is 2.83. The number of hydrogen-bond acceptors (Lipinski definition) is 3. The molecule has 1 aliphatic rings. The number of benzene rings is 1. The van der Waals surface area contributed by atoms with E-state index in [1.807, 2.05) is 43.1 Å². The number of amides is 1. The summed E-state index contributed by atoms with van der Waals surface area (Å²) >= 11 is 0. The van der Waals surface area contributed by atoms with Crippen molar-refractivity contribution in [1.82, 2.24) is 9.80 Å². The Balaban J connectivity index is 1.96. The van der Waals surface area contributed by atoms with Crippen molar-refractivity contribution in [2.24, 2.45) is 0 Å². The second kappa shape index (κ2) is 7.46. The van der Waals surface area contributed by atoms with E-state index in [4.69, 9.17) is 5.73 Å². The average molecular weight is 289 g/mol. The Kier molecular flexibility index (Phi) is 5.62. The van der Waals surface area contributed by atoms with E-state index in [-0.39, 0.29) is 11.9 Å². The van der Waals surface area contributed by atoms with Crippen LogP contribution in [-0.2, 0) is 11.3 Å². The van der Waals surface area contributed by atoms with Crippen molar-refractivity contribution in [1.29, 1.82) is 0 Å². The van der Waals surface area contributed by atoms with Crippen LogP contribution in [0.1, 0.15) is 38.2 Å². The molecular weight excluding hydrogens is 262 g/mol. The number of nitrogens with two attached hydrogens (primary N) is 1. The van der Waals surface area contributed by atoms with Gasteiger partial charge in [0, 0.05) is 25.3 Å². The van der Waals surface area contributed by atoms with Crippen molar-refractivity contribution in [3.63, 3.8) is 0 Å². The maximum absolute atomic E-state index is 12.6. The molecule has 2 N–H and O–H groups in total. The zero-order valence-electron chi connectivity index (χ0n) is 13.2. The van der Waals surface area contributed by atoms with Crippen molar-refractivity contribution < 1.29 is 4.79 Å². The Morgan fingerprint density at radius 1 is 1.24 bits per heavy atom. The van der Waals surface area contributed by atoms with Gasteiger partial charge in [-0.2, -0.15) is 0 Å². The lowest BCUT2D eigenvalue weighted by atomic mass is 10.1. The highest BCUT2D eigenvalue weighted by atomic mass is 16.2. The molecule has 4 heteroatoms. The molecule has 1 heterocycles. The Morgan fingerprint density at radius 3 is 2.48 bits per heavy atom. The lowest BCUT2D eigenvalue weighted by Gasteiger charge is -2.30. The predicted molar refractivity (Wildman–Crippen MR) is 86.8 cm³/mol. The molecule has 1 unspecified atom stereocenters. The van der Waals surface area contributed by atoms with E-state index in [0.29, 0.717) is 6.54 Å². The van der Waals surface area contributed by atoms with Gasteiger partial charge >= 0.3 is 0 Å². The van der Waals surface area contributed by atoms with Gasteiger partial charge in [-0.1, -0.05) is 31.0 Å². The Morgan fingerprint density at radius 2 is 1.86 bits per heavy atom. The molecule has 21 heavy (non-hydrogen) atoms. The summed E-state index contributed by atoms with van der Waals surface area (Å²) in [4.78, 5) is 16.7. The highest BCUT2D eigenvalue weighted by Crippen LogP contribution is 2.16. The molecule has 0 radical (unpaired) electrons. The quantitative estimate of drug-likeness (QED) is 0.866. The number of nitrogens with zero attached hydrogens (tertiary/aromatic N) is 2. The van der Waals surface area contributed by atoms with E-state index in [1.54, 1.807) is 0 Å². The minimum Gasteiger partial charge on any atom is -0.398 e. The molecule has 0 aliphatic carbocycles. The van der Waals surface area contributed by atoms with Gasteiger partial charge in [0.25, 0.3) is 0 Å². The topological polar surface area (TPSA) is 49.6 Å². The normalized spacial score (nSPS) is 17.6. The number of carbonyl (C=O) groups is 1. The molecule has 0 aromatic heterocycles. The third-order valence-electron chi connectivity index (χ3n) is 4.41. The summed E-state index contributed by atoms with van der Waals surface area (Å²) in [6.45, 7) is 4.51. The van der Waals surface area contributed by atoms with E-state index in [9.17, 15) is 4.79 Å². The molecule has 1 atom stereocenters. The van der Waals surface area contributed by atoms with Crippen molar-refractivity contribution >= 4 is 11.6 Å². The van der Waals surface area contributed by atoms with Crippen molar-refractivity contribution in [3.05, 3.63) is 29.8 Å². The fraction of sp³-hybridized carbons (Fsp3) is 0.588. The van der Waals surface area contributed by atoms with Gasteiger partial charge in [-0.25, -0.2) is 0 Å². The number of nitrogen functional groups attached to an aromatic ring is 1. The van der Waals surface area contributed by atoms with Gasteiger partial charge < -0.3 is 10.6 Å². The molecule has 1 saturated heterocycles. The minimum absolute atomic E-state index is 0.109. The largest absolute Gasteiger partial charge is 0.398 e. The molecule has 0 saturated carbocycles. The molecule has 1 amide bonds. The number of rotatable bonds is 4. The maximum atomic E-state index is 12.6. The zero-order valence-corrected chi connectivity index (χ0v) is 13.2. The number of likely N-dealkylation sites (N-methyl/N-ethyl adjacent to an activating group) is 1. The molecule has 2 rings (SSSR count). The lowest BCUT2D eigenvalue weighted by Crippen LogP contribution is -2.45. The van der Waals surface area contributed by atoms with Crippen molar-refractivity contribution in [2.75, 3.05) is 25.9 Å². The van der Waals surface area contributed by atoms with Gasteiger partial charge in [0.1, 0.15) is 0 Å². The number of carbonyl (C=O) groups excluding carboxylic acids is 1. The molecule has 1 fully saturated rings. The number of para-hydroxylation sites is 1. The second-order valence-electron chi connectivity index (χ2n) is 6.03. The summed E-state index contributed by atoms with van der Waals surface area (Å²) in [5.41, 5.74) is 7.86. The number of likely N-dealkylation sites (tertiary alicyclic amines) is 1. The molecule has 4 nitrogen and oxygen atoms in total. The van der Waals surface area contributed by atoms with Gasteiger partial charge in [-0.05, 0) is 38.4 Å². The van der Waals surface area contributed by atoms with E-state index in [0.717, 1.165) is 37.2 Å². The van der Waals surface area contributed by atoms with E-state index in [2.05, 4.69) is 4.90 Å². The van der Waals surface area contributed by atoms with Crippen LogP contribution in [0, 0.1) is 0 Å². The first kappa shape index (κ1) is 15.8. The van der Waals surface area contributed by atoms with Crippen LogP contribution in [0.2, 0.25) is 0 Å². The number of anilines is 1. The highest BCUT2D eigenvalue weighted by molar-refractivity contribution is 5.81. The predicted octanol–water partition coefficient (Wildman–Crippen LogP) is 2.49. The highest BCUT2D eigenvalue weighted by Gasteiger charge is 2.24. The van der Waals surface area contributed by atoms with Crippen LogP contribution in [0.4, 0.5) is 5.69 Å². The maximum Gasteiger partial charge on any atom is 0.239 e. The fourth-order valence-electron chi connectivity index (χ4n) is 2.83. The van der Waals surface area contributed by atoms with Crippen LogP contribution in [-0.4, -0.2) is 41.9 Å². The summed E-state index contributed by atoms with van der Waals surface area (Å²) in [5, 5.41) is 0. The Bertz CT molecular complexity index is 467. The number of hydrogen-bond donors (Lipinski definition) is 1. The van der Waals surface area contributed by atoms with E-state index in [1.165, 1.54) is 12.8 Å². The average Bonchev–Trinajstić information content (AvgIpc) is 2.77. The van der Waals surface area contributed by atoms with Crippen LogP contribution in [0.25, 0.3) is 0 Å². The van der Waals surface area contributed by atoms with Crippen LogP contribution >= 0.6 is 0 Å². The standard InChI is InChI=1S/C17H27N3O/c1-14(17(21)20-11-7-3-4-8-12-20)19(2)13-15-9-5-6-10-16(15)18/h5-6,9-10,14H,3-4,7-8,11-13,18H2,1-2H3. The molecule has 1 aromatic rings. The van der Waals surface area contributed by atoms with E-state index < -0.39 is 0 Å². The van der Waals surface area contributed by atoms with Crippen molar-refractivity contribution in [2.45, 2.75) is 45.2 Å². The van der Waals surface area contributed by atoms with Crippen LogP contribution in [0.3, 0.4) is 0 Å². The smallest absolute Gasteiger partial charge is 0.239 e. The lowest BCUT2D eigenvalue weighted by molar-refractivity contribution is -0.136. The molecular formula is C17H27N3O. The molecule has 0 bridgehead atoms. The summed E-state index contributed by atoms with van der Waals surface area (Å²) in [6, 6.07) is 7.74. The Hall–Kier alpha value is -1.55. The minimum atomic E-state index is -0.109. The van der Waals surface area contributed by atoms with Gasteiger partial charge in [0.15, 0.2) is 0 Å². The monoisotopic (exact) mass is 289 g/mol. The van der Waals surface area contributed by atoms with Gasteiger partial charge in [0.05, 0.1) is 6.04 Å². The first-order valence-corrected chi connectivity index (χ1v) is 7.92. The van der Waals surface area contributed by atoms with Crippen LogP contribution in [0.5, 0.6) is 0 Å². The summed E-state index contributed by atoms with van der Waals surface area (Å²) in [5.74, 6) is 0.244. The summed E-state index contributed by atoms with van der Waals surface area (Å²) in [6.07, 6.45) is 4.75. The molecule has 1 aromatic carbocycles. The first-order chi connectivity index (χ1) is 10.1. The van der Waals surface area contributed by atoms with E-state index >= 15 is 0 Å². The summed E-state index contributed by atoms with van der Waals surface area (Å²) in [7, 11) is 1.99. The van der Waals surface area contributed by atoms with Crippen LogP contribution in [0.15, 0.2) is 24.3 Å². The third kappa shape index (κ3) is 4.21. The third-order valence-corrected chi connectivity index (χ3v) is 4.41. The molecule has 0 spiro atoms. The van der Waals surface area contributed by atoms with Gasteiger partial charge in [-0.3, -0.25) is 9.69 Å². The summed E-state index contributed by atoms with van der Waals surface area (Å²) < 4.78 is 0. The van der Waals surface area contributed by atoms with Gasteiger partial charge in [0.2, 0.25) is 5.91 Å². The van der Waals surface area contributed by atoms with Gasteiger partial charge in [-0.15, -0.1) is 0 Å².